The molecular weight excluding hydrogens is 230 g/mol. The largest absolute Gasteiger partial charge is 0.508 e. The maximum Gasteiger partial charge on any atom is 0.277 e. The van der Waals surface area contributed by atoms with Gasteiger partial charge in [0.2, 0.25) is 0 Å². The summed E-state index contributed by atoms with van der Waals surface area (Å²) in [5, 5.41) is 11.5. The zero-order valence-electron chi connectivity index (χ0n) is 9.34. The van der Waals surface area contributed by atoms with Gasteiger partial charge in [-0.05, 0) is 19.1 Å². The van der Waals surface area contributed by atoms with Gasteiger partial charge >= 0.3 is 0 Å². The van der Waals surface area contributed by atoms with Gasteiger partial charge in [-0.3, -0.25) is 4.79 Å². The predicted molar refractivity (Wildman–Crippen MR) is 59.2 cm³/mol. The van der Waals surface area contributed by atoms with Gasteiger partial charge in [-0.1, -0.05) is 6.07 Å². The maximum atomic E-state index is 12.8. The molecule has 1 aromatic rings. The highest BCUT2D eigenvalue weighted by Gasteiger charge is 2.27. The van der Waals surface area contributed by atoms with Crippen molar-refractivity contribution in [3.05, 3.63) is 29.3 Å². The molecule has 0 saturated heterocycles. The maximum absolute atomic E-state index is 12.8. The van der Waals surface area contributed by atoms with Crippen molar-refractivity contribution in [2.75, 3.05) is 13.1 Å². The zero-order valence-corrected chi connectivity index (χ0v) is 9.34. The number of nitrogens with one attached hydrogen (secondary N) is 1. The summed E-state index contributed by atoms with van der Waals surface area (Å²) in [6.45, 7) is -0.116. The van der Waals surface area contributed by atoms with Crippen molar-refractivity contribution in [1.29, 1.82) is 0 Å². The van der Waals surface area contributed by atoms with E-state index in [9.17, 15) is 18.7 Å². The molecule has 0 aromatic heterocycles. The van der Waals surface area contributed by atoms with Crippen LogP contribution < -0.4 is 11.1 Å². The minimum Gasteiger partial charge on any atom is -0.508 e. The Balaban J connectivity index is 2.74. The molecular formula is C11H14F2N2O2. The van der Waals surface area contributed by atoms with Crippen molar-refractivity contribution in [2.24, 2.45) is 5.73 Å². The minimum absolute atomic E-state index is 0.0526. The molecule has 0 aliphatic carbocycles. The Morgan fingerprint density at radius 2 is 2.18 bits per heavy atom. The lowest BCUT2D eigenvalue weighted by Gasteiger charge is -2.15. The summed E-state index contributed by atoms with van der Waals surface area (Å²) in [4.78, 5) is 11.6. The van der Waals surface area contributed by atoms with Crippen LogP contribution in [0.15, 0.2) is 18.2 Å². The fraction of sp³-hybridized carbons (Fsp3) is 0.364. The van der Waals surface area contributed by atoms with E-state index in [-0.39, 0.29) is 11.3 Å². The van der Waals surface area contributed by atoms with Gasteiger partial charge < -0.3 is 16.2 Å². The van der Waals surface area contributed by atoms with E-state index >= 15 is 0 Å². The lowest BCUT2D eigenvalue weighted by molar-refractivity contribution is 0.0118. The van der Waals surface area contributed by atoms with E-state index in [1.165, 1.54) is 25.1 Å². The number of nitrogens with two attached hydrogens (primary N) is 1. The zero-order chi connectivity index (χ0) is 13.1. The quantitative estimate of drug-likeness (QED) is 0.740. The van der Waals surface area contributed by atoms with Gasteiger partial charge in [-0.25, -0.2) is 8.78 Å². The number of rotatable bonds is 4. The number of phenols is 1. The molecule has 1 aromatic carbocycles. The molecule has 0 spiro atoms. The summed E-state index contributed by atoms with van der Waals surface area (Å²) < 4.78 is 25.6. The second-order valence-corrected chi connectivity index (χ2v) is 3.69. The molecule has 0 fully saturated rings. The molecule has 1 amide bonds. The summed E-state index contributed by atoms with van der Waals surface area (Å²) in [5.74, 6) is -3.84. The first-order valence-corrected chi connectivity index (χ1v) is 5.02. The van der Waals surface area contributed by atoms with Gasteiger partial charge in [0.25, 0.3) is 11.8 Å². The van der Waals surface area contributed by atoms with Crippen molar-refractivity contribution >= 4 is 5.91 Å². The monoisotopic (exact) mass is 244 g/mol. The third-order valence-electron chi connectivity index (χ3n) is 2.36. The molecule has 0 unspecified atom stereocenters. The molecule has 94 valence electrons. The Morgan fingerprint density at radius 3 is 2.76 bits per heavy atom. The van der Waals surface area contributed by atoms with Gasteiger partial charge in [-0.2, -0.15) is 0 Å². The lowest BCUT2D eigenvalue weighted by atomic mass is 10.1. The van der Waals surface area contributed by atoms with Crippen molar-refractivity contribution in [3.8, 4) is 5.75 Å². The molecule has 0 aliphatic rings. The highest BCUT2D eigenvalue weighted by atomic mass is 19.3. The summed E-state index contributed by atoms with van der Waals surface area (Å²) in [6, 6.07) is 4.34. The van der Waals surface area contributed by atoms with Crippen LogP contribution >= 0.6 is 0 Å². The number of benzene rings is 1. The fourth-order valence-electron chi connectivity index (χ4n) is 1.25. The molecule has 0 radical (unpaired) electrons. The molecule has 4 nitrogen and oxygen atoms in total. The molecule has 0 saturated carbocycles. The number of hydrogen-bond donors (Lipinski definition) is 3. The van der Waals surface area contributed by atoms with Gasteiger partial charge in [0.1, 0.15) is 5.75 Å². The third kappa shape index (κ3) is 3.39. The van der Waals surface area contributed by atoms with Crippen molar-refractivity contribution in [3.63, 3.8) is 0 Å². The van der Waals surface area contributed by atoms with E-state index in [4.69, 9.17) is 5.73 Å². The highest BCUT2D eigenvalue weighted by Crippen LogP contribution is 2.19. The van der Waals surface area contributed by atoms with E-state index in [1.807, 2.05) is 0 Å². The van der Waals surface area contributed by atoms with Crippen molar-refractivity contribution in [2.45, 2.75) is 12.8 Å². The van der Waals surface area contributed by atoms with E-state index in [1.54, 1.807) is 0 Å². The molecule has 0 heterocycles. The number of carbonyl (C=O) groups excluding carboxylic acids is 1. The Bertz CT molecular complexity index is 422. The summed E-state index contributed by atoms with van der Waals surface area (Å²) in [5.41, 5.74) is 5.36. The number of phenolic OH excluding ortho intramolecular Hbond substituents is 1. The first kappa shape index (κ1) is 13.4. The van der Waals surface area contributed by atoms with E-state index in [2.05, 4.69) is 5.32 Å². The summed E-state index contributed by atoms with van der Waals surface area (Å²) in [7, 11) is 0. The number of carbonyl (C=O) groups is 1. The van der Waals surface area contributed by atoms with E-state index in [0.29, 0.717) is 5.56 Å². The van der Waals surface area contributed by atoms with Gasteiger partial charge in [0.05, 0.1) is 13.1 Å². The van der Waals surface area contributed by atoms with Crippen LogP contribution in [0.5, 0.6) is 5.75 Å². The summed E-state index contributed by atoms with van der Waals surface area (Å²) >= 11 is 0. The predicted octanol–water partition coefficient (Wildman–Crippen LogP) is 1.02. The van der Waals surface area contributed by atoms with Crippen molar-refractivity contribution in [1.82, 2.24) is 5.32 Å². The molecule has 0 bridgehead atoms. The minimum atomic E-state index is -3.12. The number of halogens is 2. The normalized spacial score (nSPS) is 11.3. The standard InChI is InChI=1S/C11H14F2N2O2/c1-7-8(3-2-4-9(7)16)10(17)15-6-11(12,13)5-14/h2-4,16H,5-6,14H2,1H3,(H,15,17). The Hall–Kier alpha value is -1.69. The average molecular weight is 244 g/mol. The average Bonchev–Trinajstić information content (AvgIpc) is 2.30. The summed E-state index contributed by atoms with van der Waals surface area (Å²) in [6.07, 6.45) is 0. The molecule has 0 atom stereocenters. The van der Waals surface area contributed by atoms with Crippen molar-refractivity contribution < 1.29 is 18.7 Å². The Kier molecular flexibility index (Phi) is 4.01. The SMILES string of the molecule is Cc1c(O)cccc1C(=O)NCC(F)(F)CN. The van der Waals surface area contributed by atoms with Crippen LogP contribution in [0.25, 0.3) is 0 Å². The van der Waals surface area contributed by atoms with Crippen LogP contribution in [0.1, 0.15) is 15.9 Å². The van der Waals surface area contributed by atoms with E-state index in [0.717, 1.165) is 0 Å². The highest BCUT2D eigenvalue weighted by molar-refractivity contribution is 5.96. The van der Waals surface area contributed by atoms with Crippen LogP contribution in [0.4, 0.5) is 8.78 Å². The Labute approximate surface area is 97.4 Å². The van der Waals surface area contributed by atoms with Crippen LogP contribution in [0, 0.1) is 6.92 Å². The fourth-order valence-corrected chi connectivity index (χ4v) is 1.25. The van der Waals surface area contributed by atoms with Crippen LogP contribution in [-0.2, 0) is 0 Å². The lowest BCUT2D eigenvalue weighted by Crippen LogP contribution is -2.41. The van der Waals surface area contributed by atoms with Gasteiger partial charge in [0.15, 0.2) is 0 Å². The van der Waals surface area contributed by atoms with Crippen LogP contribution in [0.2, 0.25) is 0 Å². The number of amides is 1. The Morgan fingerprint density at radius 1 is 1.53 bits per heavy atom. The molecule has 0 aliphatic heterocycles. The number of aromatic hydroxyl groups is 1. The van der Waals surface area contributed by atoms with E-state index < -0.39 is 24.9 Å². The second kappa shape index (κ2) is 5.09. The molecule has 1 rings (SSSR count). The van der Waals surface area contributed by atoms with Crippen LogP contribution in [0.3, 0.4) is 0 Å². The van der Waals surface area contributed by atoms with Crippen LogP contribution in [-0.4, -0.2) is 30.0 Å². The first-order chi connectivity index (χ1) is 7.87. The third-order valence-corrected chi connectivity index (χ3v) is 2.36. The first-order valence-electron chi connectivity index (χ1n) is 5.02. The number of alkyl halides is 2. The molecule has 6 heteroatoms. The smallest absolute Gasteiger partial charge is 0.277 e. The van der Waals surface area contributed by atoms with Gasteiger partial charge in [-0.15, -0.1) is 0 Å². The topological polar surface area (TPSA) is 75.3 Å². The second-order valence-electron chi connectivity index (χ2n) is 3.69. The molecule has 17 heavy (non-hydrogen) atoms. The van der Waals surface area contributed by atoms with Gasteiger partial charge in [0, 0.05) is 11.1 Å². The number of hydrogen-bond acceptors (Lipinski definition) is 3. The molecule has 4 N–H and O–H groups in total.